The van der Waals surface area contributed by atoms with E-state index in [1.165, 1.54) is 12.0 Å². The minimum absolute atomic E-state index is 0.208. The number of methoxy groups -OCH3 is 2. The molecular weight excluding hydrogens is 460 g/mol. The Morgan fingerprint density at radius 3 is 2.25 bits per heavy atom. The summed E-state index contributed by atoms with van der Waals surface area (Å²) in [5, 5.41) is 12.5. The first-order valence-corrected chi connectivity index (χ1v) is 11.5. The van der Waals surface area contributed by atoms with Crippen LogP contribution in [-0.2, 0) is 11.3 Å². The minimum Gasteiger partial charge on any atom is -0.497 e. The van der Waals surface area contributed by atoms with Crippen LogP contribution in [0.25, 0.3) is 11.1 Å². The van der Waals surface area contributed by atoms with Gasteiger partial charge in [0.1, 0.15) is 17.5 Å². The van der Waals surface area contributed by atoms with Crippen LogP contribution in [0, 0.1) is 5.92 Å². The number of carbonyl (C=O) groups excluding carboxylic acids is 2. The van der Waals surface area contributed by atoms with Gasteiger partial charge in [0.05, 0.1) is 19.8 Å². The Kier molecular flexibility index (Phi) is 6.96. The van der Waals surface area contributed by atoms with Gasteiger partial charge >= 0.3 is 5.97 Å². The molecule has 0 fully saturated rings. The van der Waals surface area contributed by atoms with Crippen molar-refractivity contribution in [1.82, 2.24) is 4.90 Å². The molecule has 1 aliphatic rings. The highest BCUT2D eigenvalue weighted by Gasteiger charge is 2.38. The summed E-state index contributed by atoms with van der Waals surface area (Å²) in [5.74, 6) is -0.805. The van der Waals surface area contributed by atoms with Gasteiger partial charge in [0.15, 0.2) is 0 Å². The fraction of sp³-hybridized carbons (Fsp3) is 0.250. The van der Waals surface area contributed by atoms with Crippen LogP contribution in [0.15, 0.2) is 60.7 Å². The minimum atomic E-state index is -1.00. The summed E-state index contributed by atoms with van der Waals surface area (Å²) in [6, 6.07) is 17.0. The third-order valence-electron chi connectivity index (χ3n) is 6.29. The molecule has 0 radical (unpaired) electrons. The van der Waals surface area contributed by atoms with Crippen molar-refractivity contribution in [3.63, 3.8) is 0 Å². The van der Waals surface area contributed by atoms with Crippen LogP contribution in [-0.4, -0.2) is 48.1 Å². The maximum absolute atomic E-state index is 13.0. The maximum Gasteiger partial charge on any atom is 0.326 e. The molecule has 1 atom stereocenters. The predicted octanol–water partition coefficient (Wildman–Crippen LogP) is 4.69. The molecule has 1 heterocycles. The molecule has 0 bridgehead atoms. The third kappa shape index (κ3) is 4.75. The van der Waals surface area contributed by atoms with Gasteiger partial charge in [-0.05, 0) is 52.9 Å². The number of nitrogens with one attached hydrogen (secondary N) is 1. The van der Waals surface area contributed by atoms with Crippen LogP contribution in [0.2, 0.25) is 0 Å². The van der Waals surface area contributed by atoms with Gasteiger partial charge in [0.2, 0.25) is 0 Å². The van der Waals surface area contributed by atoms with Gasteiger partial charge in [-0.1, -0.05) is 38.1 Å². The molecule has 3 aromatic rings. The Morgan fingerprint density at radius 2 is 1.64 bits per heavy atom. The molecule has 0 aliphatic carbocycles. The monoisotopic (exact) mass is 488 g/mol. The number of nitrogens with zero attached hydrogens (tertiary/aromatic N) is 1. The second-order valence-electron chi connectivity index (χ2n) is 8.93. The molecule has 2 N–H and O–H groups in total. The molecule has 4 rings (SSSR count). The fourth-order valence-corrected chi connectivity index (χ4v) is 4.44. The Labute approximate surface area is 209 Å². The number of carboxylic acid groups (broad SMARTS) is 1. The standard InChI is InChI=1S/C28H28N2O6/c1-16(2)25(28(33)34)30-15-19-6-5-18(13-23(19)27(30)32)17-7-9-20(10-8-17)29-26(31)22-12-11-21(35-3)14-24(22)36-4/h5-14,16,25H,15H2,1-4H3,(H,29,31)(H,33,34). The number of anilines is 1. The fourth-order valence-electron chi connectivity index (χ4n) is 4.44. The van der Waals surface area contributed by atoms with Gasteiger partial charge in [0, 0.05) is 23.9 Å². The molecule has 36 heavy (non-hydrogen) atoms. The quantitative estimate of drug-likeness (QED) is 0.477. The molecule has 186 valence electrons. The highest BCUT2D eigenvalue weighted by Crippen LogP contribution is 2.32. The topological polar surface area (TPSA) is 105 Å². The van der Waals surface area contributed by atoms with E-state index >= 15 is 0 Å². The lowest BCUT2D eigenvalue weighted by Gasteiger charge is -2.27. The highest BCUT2D eigenvalue weighted by atomic mass is 16.5. The Balaban J connectivity index is 1.51. The number of rotatable bonds is 8. The summed E-state index contributed by atoms with van der Waals surface area (Å²) in [6.07, 6.45) is 0. The summed E-state index contributed by atoms with van der Waals surface area (Å²) in [5.41, 5.74) is 4.01. The zero-order valence-corrected chi connectivity index (χ0v) is 20.6. The number of hydrogen-bond acceptors (Lipinski definition) is 5. The average molecular weight is 489 g/mol. The second-order valence-corrected chi connectivity index (χ2v) is 8.93. The average Bonchev–Trinajstić information content (AvgIpc) is 3.18. The molecule has 8 nitrogen and oxygen atoms in total. The Bertz CT molecular complexity index is 1320. The van der Waals surface area contributed by atoms with Gasteiger partial charge in [-0.25, -0.2) is 4.79 Å². The van der Waals surface area contributed by atoms with Crippen LogP contribution in [0.4, 0.5) is 5.69 Å². The molecule has 1 aliphatic heterocycles. The number of amides is 2. The molecule has 0 saturated heterocycles. The molecule has 0 saturated carbocycles. The zero-order chi connectivity index (χ0) is 26.0. The largest absolute Gasteiger partial charge is 0.497 e. The predicted molar refractivity (Wildman–Crippen MR) is 136 cm³/mol. The molecule has 2 amide bonds. The molecular formula is C28H28N2O6. The summed E-state index contributed by atoms with van der Waals surface area (Å²) in [4.78, 5) is 39.0. The van der Waals surface area contributed by atoms with E-state index in [2.05, 4.69) is 5.32 Å². The van der Waals surface area contributed by atoms with Gasteiger partial charge in [-0.15, -0.1) is 0 Å². The normalized spacial score (nSPS) is 13.4. The summed E-state index contributed by atoms with van der Waals surface area (Å²) in [7, 11) is 3.03. The number of hydrogen-bond donors (Lipinski definition) is 2. The second kappa shape index (κ2) is 10.1. The number of ether oxygens (including phenoxy) is 2. The van der Waals surface area contributed by atoms with Crippen molar-refractivity contribution in [3.8, 4) is 22.6 Å². The van der Waals surface area contributed by atoms with E-state index in [0.717, 1.165) is 16.7 Å². The van der Waals surface area contributed by atoms with Crippen LogP contribution in [0.3, 0.4) is 0 Å². The summed E-state index contributed by atoms with van der Waals surface area (Å²) >= 11 is 0. The number of carboxylic acids is 1. The number of aliphatic carboxylic acids is 1. The van der Waals surface area contributed by atoms with E-state index < -0.39 is 12.0 Å². The van der Waals surface area contributed by atoms with Crippen molar-refractivity contribution in [1.29, 1.82) is 0 Å². The zero-order valence-electron chi connectivity index (χ0n) is 20.6. The van der Waals surface area contributed by atoms with E-state index in [1.807, 2.05) is 24.3 Å². The van der Waals surface area contributed by atoms with Crippen molar-refractivity contribution in [2.24, 2.45) is 5.92 Å². The van der Waals surface area contributed by atoms with Crippen LogP contribution in [0.5, 0.6) is 11.5 Å². The smallest absolute Gasteiger partial charge is 0.326 e. The van der Waals surface area contributed by atoms with E-state index in [0.29, 0.717) is 28.3 Å². The Hall–Kier alpha value is -4.33. The first kappa shape index (κ1) is 24.8. The first-order valence-electron chi connectivity index (χ1n) is 11.5. The van der Waals surface area contributed by atoms with Gasteiger partial charge in [-0.3, -0.25) is 9.59 Å². The van der Waals surface area contributed by atoms with Crippen LogP contribution in [0.1, 0.15) is 40.1 Å². The van der Waals surface area contributed by atoms with E-state index in [1.54, 1.807) is 57.4 Å². The van der Waals surface area contributed by atoms with Crippen LogP contribution < -0.4 is 14.8 Å². The SMILES string of the molecule is COc1ccc(C(=O)Nc2ccc(-c3ccc4c(c3)C(=O)N(C(C(=O)O)C(C)C)C4)cc2)c(OC)c1. The number of carbonyl (C=O) groups is 3. The van der Waals surface area contributed by atoms with Crippen molar-refractivity contribution < 1.29 is 29.0 Å². The molecule has 0 aromatic heterocycles. The maximum atomic E-state index is 13.0. The van der Waals surface area contributed by atoms with Gasteiger partial charge in [0.25, 0.3) is 11.8 Å². The highest BCUT2D eigenvalue weighted by molar-refractivity contribution is 6.06. The van der Waals surface area contributed by atoms with Crippen molar-refractivity contribution >= 4 is 23.5 Å². The number of benzene rings is 3. The number of fused-ring (bicyclic) bond motifs is 1. The molecule has 8 heteroatoms. The van der Waals surface area contributed by atoms with Crippen molar-refractivity contribution in [2.45, 2.75) is 26.4 Å². The van der Waals surface area contributed by atoms with E-state index in [-0.39, 0.29) is 24.3 Å². The summed E-state index contributed by atoms with van der Waals surface area (Å²) < 4.78 is 10.5. The molecule has 3 aromatic carbocycles. The van der Waals surface area contributed by atoms with E-state index in [9.17, 15) is 19.5 Å². The molecule has 0 spiro atoms. The lowest BCUT2D eigenvalue weighted by atomic mass is 10.00. The van der Waals surface area contributed by atoms with Gasteiger partial charge < -0.3 is 24.8 Å². The Morgan fingerprint density at radius 1 is 0.944 bits per heavy atom. The summed E-state index contributed by atoms with van der Waals surface area (Å²) in [6.45, 7) is 3.88. The first-order chi connectivity index (χ1) is 17.2. The lowest BCUT2D eigenvalue weighted by Crippen LogP contribution is -2.44. The third-order valence-corrected chi connectivity index (χ3v) is 6.29. The van der Waals surface area contributed by atoms with E-state index in [4.69, 9.17) is 9.47 Å². The van der Waals surface area contributed by atoms with Gasteiger partial charge in [-0.2, -0.15) is 0 Å². The van der Waals surface area contributed by atoms with Crippen molar-refractivity contribution in [2.75, 3.05) is 19.5 Å². The lowest BCUT2D eigenvalue weighted by molar-refractivity contribution is -0.144. The van der Waals surface area contributed by atoms with Crippen LogP contribution >= 0.6 is 0 Å². The van der Waals surface area contributed by atoms with Crippen molar-refractivity contribution in [3.05, 3.63) is 77.4 Å². The molecule has 1 unspecified atom stereocenters.